The predicted octanol–water partition coefficient (Wildman–Crippen LogP) is 3.15. The smallest absolute Gasteiger partial charge is 0.337 e. The van der Waals surface area contributed by atoms with Crippen LogP contribution in [0.3, 0.4) is 0 Å². The molecule has 1 aliphatic heterocycles. The van der Waals surface area contributed by atoms with E-state index in [0.29, 0.717) is 30.3 Å². The van der Waals surface area contributed by atoms with Crippen molar-refractivity contribution in [3.63, 3.8) is 0 Å². The third-order valence-corrected chi connectivity index (χ3v) is 6.94. The number of sulfonamides is 1. The summed E-state index contributed by atoms with van der Waals surface area (Å²) in [6.07, 6.45) is 1.67. The molecule has 1 saturated heterocycles. The van der Waals surface area contributed by atoms with Gasteiger partial charge in [-0.3, -0.25) is 4.79 Å². The van der Waals surface area contributed by atoms with Gasteiger partial charge in [0.1, 0.15) is 0 Å². The average Bonchev–Trinajstić information content (AvgIpc) is 2.74. The van der Waals surface area contributed by atoms with E-state index in [1.807, 2.05) is 0 Å². The SMILES string of the molecule is COC(=O)c1ccc(NC(=O)c2cccc(S(=O)(=O)N3CCC(C)CC3)c2)cc1. The minimum Gasteiger partial charge on any atom is -0.465 e. The Morgan fingerprint density at radius 2 is 1.69 bits per heavy atom. The van der Waals surface area contributed by atoms with Crippen LogP contribution in [0.4, 0.5) is 5.69 Å². The lowest BCUT2D eigenvalue weighted by Crippen LogP contribution is -2.37. The normalized spacial score (nSPS) is 15.7. The topological polar surface area (TPSA) is 92.8 Å². The highest BCUT2D eigenvalue weighted by Crippen LogP contribution is 2.24. The molecule has 0 atom stereocenters. The maximum absolute atomic E-state index is 12.9. The highest BCUT2D eigenvalue weighted by Gasteiger charge is 2.28. The molecule has 1 N–H and O–H groups in total. The number of anilines is 1. The summed E-state index contributed by atoms with van der Waals surface area (Å²) in [6, 6.07) is 12.3. The van der Waals surface area contributed by atoms with Crippen LogP contribution >= 0.6 is 0 Å². The van der Waals surface area contributed by atoms with Gasteiger partial charge in [-0.2, -0.15) is 4.31 Å². The van der Waals surface area contributed by atoms with E-state index in [1.165, 1.54) is 23.5 Å². The van der Waals surface area contributed by atoms with E-state index in [0.717, 1.165) is 12.8 Å². The number of carbonyl (C=O) groups excluding carboxylic acids is 2. The Bertz CT molecular complexity index is 994. The van der Waals surface area contributed by atoms with Crippen molar-refractivity contribution in [3.05, 3.63) is 59.7 Å². The van der Waals surface area contributed by atoms with Crippen molar-refractivity contribution < 1.29 is 22.7 Å². The van der Waals surface area contributed by atoms with Gasteiger partial charge >= 0.3 is 5.97 Å². The number of hydrogen-bond acceptors (Lipinski definition) is 5. The molecular formula is C21H24N2O5S. The molecule has 0 spiro atoms. The fourth-order valence-corrected chi connectivity index (χ4v) is 4.70. The van der Waals surface area contributed by atoms with Crippen molar-refractivity contribution in [2.24, 2.45) is 5.92 Å². The van der Waals surface area contributed by atoms with E-state index >= 15 is 0 Å². The van der Waals surface area contributed by atoms with Crippen molar-refractivity contribution >= 4 is 27.6 Å². The summed E-state index contributed by atoms with van der Waals surface area (Å²) < 4.78 is 31.9. The Kier molecular flexibility index (Phi) is 6.34. The lowest BCUT2D eigenvalue weighted by molar-refractivity contribution is 0.0600. The van der Waals surface area contributed by atoms with Gasteiger partial charge in [-0.15, -0.1) is 0 Å². The number of nitrogens with zero attached hydrogens (tertiary/aromatic N) is 1. The molecule has 1 fully saturated rings. The second-order valence-electron chi connectivity index (χ2n) is 7.14. The van der Waals surface area contributed by atoms with E-state index < -0.39 is 21.9 Å². The number of amides is 1. The van der Waals surface area contributed by atoms with Crippen molar-refractivity contribution in [2.75, 3.05) is 25.5 Å². The monoisotopic (exact) mass is 416 g/mol. The molecule has 8 heteroatoms. The molecule has 29 heavy (non-hydrogen) atoms. The number of benzene rings is 2. The van der Waals surface area contributed by atoms with Crippen LogP contribution in [0.2, 0.25) is 0 Å². The Hall–Kier alpha value is -2.71. The number of piperidine rings is 1. The highest BCUT2D eigenvalue weighted by atomic mass is 32.2. The quantitative estimate of drug-likeness (QED) is 0.756. The van der Waals surface area contributed by atoms with Gasteiger partial charge in [0.15, 0.2) is 0 Å². The van der Waals surface area contributed by atoms with Crippen molar-refractivity contribution in [3.8, 4) is 0 Å². The third-order valence-electron chi connectivity index (χ3n) is 5.04. The van der Waals surface area contributed by atoms with Gasteiger partial charge in [-0.05, 0) is 61.2 Å². The van der Waals surface area contributed by atoms with Gasteiger partial charge in [0, 0.05) is 24.3 Å². The first-order valence-electron chi connectivity index (χ1n) is 9.41. The Balaban J connectivity index is 1.75. The molecule has 0 aromatic heterocycles. The summed E-state index contributed by atoms with van der Waals surface area (Å²) >= 11 is 0. The molecule has 1 amide bonds. The number of carbonyl (C=O) groups is 2. The summed E-state index contributed by atoms with van der Waals surface area (Å²) in [6.45, 7) is 3.10. The minimum atomic E-state index is -3.63. The molecule has 0 unspecified atom stereocenters. The summed E-state index contributed by atoms with van der Waals surface area (Å²) in [4.78, 5) is 24.2. The van der Waals surface area contributed by atoms with Crippen LogP contribution in [0.25, 0.3) is 0 Å². The van der Waals surface area contributed by atoms with Crippen LogP contribution in [0.5, 0.6) is 0 Å². The molecular weight excluding hydrogens is 392 g/mol. The first kappa shape index (κ1) is 21.0. The first-order chi connectivity index (χ1) is 13.8. The van der Waals surface area contributed by atoms with Crippen LogP contribution in [-0.2, 0) is 14.8 Å². The summed E-state index contributed by atoms with van der Waals surface area (Å²) in [7, 11) is -2.34. The van der Waals surface area contributed by atoms with E-state index in [1.54, 1.807) is 36.4 Å². The zero-order valence-electron chi connectivity index (χ0n) is 16.4. The van der Waals surface area contributed by atoms with Gasteiger partial charge in [0.05, 0.1) is 17.6 Å². The van der Waals surface area contributed by atoms with E-state index in [2.05, 4.69) is 17.0 Å². The number of methoxy groups -OCH3 is 1. The number of nitrogens with one attached hydrogen (secondary N) is 1. The van der Waals surface area contributed by atoms with Crippen LogP contribution in [-0.4, -0.2) is 44.8 Å². The Morgan fingerprint density at radius 1 is 1.03 bits per heavy atom. The summed E-state index contributed by atoms with van der Waals surface area (Å²) in [5, 5.41) is 2.71. The molecule has 7 nitrogen and oxygen atoms in total. The van der Waals surface area contributed by atoms with E-state index in [9.17, 15) is 18.0 Å². The first-order valence-corrected chi connectivity index (χ1v) is 10.8. The van der Waals surface area contributed by atoms with Gasteiger partial charge in [-0.25, -0.2) is 13.2 Å². The number of ether oxygens (including phenoxy) is 1. The van der Waals surface area contributed by atoms with Crippen molar-refractivity contribution in [1.82, 2.24) is 4.31 Å². The van der Waals surface area contributed by atoms with Crippen LogP contribution < -0.4 is 5.32 Å². The van der Waals surface area contributed by atoms with Crippen LogP contribution in [0, 0.1) is 5.92 Å². The minimum absolute atomic E-state index is 0.112. The highest BCUT2D eigenvalue weighted by molar-refractivity contribution is 7.89. The molecule has 0 aliphatic carbocycles. The summed E-state index contributed by atoms with van der Waals surface area (Å²) in [5.74, 6) is -0.378. The number of esters is 1. The summed E-state index contributed by atoms with van der Waals surface area (Å²) in [5.41, 5.74) is 1.10. The fourth-order valence-electron chi connectivity index (χ4n) is 3.18. The molecule has 0 saturated carbocycles. The van der Waals surface area contributed by atoms with Crippen molar-refractivity contribution in [2.45, 2.75) is 24.7 Å². The second kappa shape index (κ2) is 8.75. The molecule has 1 aliphatic rings. The van der Waals surface area contributed by atoms with Crippen LogP contribution in [0.15, 0.2) is 53.4 Å². The maximum atomic E-state index is 12.9. The van der Waals surface area contributed by atoms with Gasteiger partial charge in [0.2, 0.25) is 10.0 Å². The van der Waals surface area contributed by atoms with Gasteiger partial charge in [-0.1, -0.05) is 13.0 Å². The van der Waals surface area contributed by atoms with Crippen LogP contribution in [0.1, 0.15) is 40.5 Å². The molecule has 1 heterocycles. The predicted molar refractivity (Wildman–Crippen MR) is 109 cm³/mol. The largest absolute Gasteiger partial charge is 0.465 e. The van der Waals surface area contributed by atoms with Crippen molar-refractivity contribution in [1.29, 1.82) is 0 Å². The second-order valence-corrected chi connectivity index (χ2v) is 9.08. The molecule has 2 aromatic rings. The maximum Gasteiger partial charge on any atom is 0.337 e. The number of hydrogen-bond donors (Lipinski definition) is 1. The Morgan fingerprint density at radius 3 is 2.31 bits per heavy atom. The number of rotatable bonds is 5. The Labute approximate surface area is 170 Å². The third kappa shape index (κ3) is 4.83. The van der Waals surface area contributed by atoms with Gasteiger partial charge in [0.25, 0.3) is 5.91 Å². The fraction of sp³-hybridized carbons (Fsp3) is 0.333. The lowest BCUT2D eigenvalue weighted by Gasteiger charge is -2.29. The molecule has 154 valence electrons. The van der Waals surface area contributed by atoms with Gasteiger partial charge < -0.3 is 10.1 Å². The molecule has 0 bridgehead atoms. The molecule has 0 radical (unpaired) electrons. The molecule has 3 rings (SSSR count). The lowest BCUT2D eigenvalue weighted by atomic mass is 10.0. The van der Waals surface area contributed by atoms with E-state index in [4.69, 9.17) is 0 Å². The standard InChI is InChI=1S/C21H24N2O5S/c1-15-10-12-23(13-11-15)29(26,27)19-5-3-4-17(14-19)20(24)22-18-8-6-16(7-9-18)21(25)28-2/h3-9,14-15H,10-13H2,1-2H3,(H,22,24). The zero-order valence-corrected chi connectivity index (χ0v) is 17.2. The van der Waals surface area contributed by atoms with E-state index in [-0.39, 0.29) is 10.5 Å². The average molecular weight is 416 g/mol. The zero-order chi connectivity index (χ0) is 21.0. The molecule has 2 aromatic carbocycles.